The average Bonchev–Trinajstić information content (AvgIpc) is 2.85. The Morgan fingerprint density at radius 1 is 1.00 bits per heavy atom. The lowest BCUT2D eigenvalue weighted by atomic mass is 10.0. The van der Waals surface area contributed by atoms with E-state index in [2.05, 4.69) is 22.1 Å². The second-order valence-electron chi connectivity index (χ2n) is 4.52. The molecule has 0 fully saturated rings. The third-order valence-corrected chi connectivity index (χ3v) is 4.49. The van der Waals surface area contributed by atoms with E-state index in [4.69, 9.17) is 11.6 Å². The number of alkyl halides is 1. The molecule has 102 valence electrons. The van der Waals surface area contributed by atoms with Gasteiger partial charge in [0.25, 0.3) is 0 Å². The Bertz CT molecular complexity index is 791. The van der Waals surface area contributed by atoms with Crippen molar-refractivity contribution < 1.29 is 0 Å². The summed E-state index contributed by atoms with van der Waals surface area (Å²) in [6.07, 6.45) is 2.05. The minimum Gasteiger partial charge on any atom is -0.306 e. The zero-order valence-corrected chi connectivity index (χ0v) is 12.4. The van der Waals surface area contributed by atoms with Crippen molar-refractivity contribution in [2.24, 2.45) is 0 Å². The topological polar surface area (TPSA) is 48.6 Å². The Balaban J connectivity index is 1.97. The Kier molecular flexibility index (Phi) is 3.59. The van der Waals surface area contributed by atoms with Gasteiger partial charge in [-0.15, -0.1) is 23.4 Å². The fourth-order valence-electron chi connectivity index (χ4n) is 2.17. The van der Waals surface area contributed by atoms with Crippen molar-refractivity contribution in [2.45, 2.75) is 10.3 Å². The van der Waals surface area contributed by atoms with Gasteiger partial charge in [0, 0.05) is 4.90 Å². The molecule has 20 heavy (non-hydrogen) atoms. The molecule has 0 bridgehead atoms. The van der Waals surface area contributed by atoms with Crippen molar-refractivity contribution >= 4 is 34.4 Å². The number of halogens is 1. The number of aromatic amines is 2. The zero-order chi connectivity index (χ0) is 14.1. The van der Waals surface area contributed by atoms with E-state index >= 15 is 0 Å². The first-order valence-corrected chi connectivity index (χ1v) is 7.83. The molecular formula is C15H13ClN2OS. The summed E-state index contributed by atoms with van der Waals surface area (Å²) < 4.78 is 0. The number of aromatic nitrogens is 2. The van der Waals surface area contributed by atoms with Crippen molar-refractivity contribution in [2.75, 3.05) is 6.26 Å². The van der Waals surface area contributed by atoms with E-state index < -0.39 is 0 Å². The number of fused-ring (bicyclic) bond motifs is 1. The summed E-state index contributed by atoms with van der Waals surface area (Å²) in [5.74, 6) is 0. The van der Waals surface area contributed by atoms with Gasteiger partial charge in [-0.25, -0.2) is 4.79 Å². The SMILES string of the molecule is CSc1ccc(C(Cl)c2ccc3[nH]c(=O)[nH]c3c2)cc1. The van der Waals surface area contributed by atoms with Gasteiger partial charge in [0.05, 0.1) is 16.4 Å². The molecule has 0 aliphatic carbocycles. The van der Waals surface area contributed by atoms with Crippen LogP contribution in [0.3, 0.4) is 0 Å². The molecule has 1 unspecified atom stereocenters. The number of imidazole rings is 1. The van der Waals surface area contributed by atoms with Crippen molar-refractivity contribution in [3.05, 3.63) is 64.1 Å². The number of hydrogen-bond donors (Lipinski definition) is 2. The molecule has 5 heteroatoms. The van der Waals surface area contributed by atoms with E-state index in [1.165, 1.54) is 4.90 Å². The predicted octanol–water partition coefficient (Wildman–Crippen LogP) is 3.91. The van der Waals surface area contributed by atoms with Gasteiger partial charge in [-0.05, 0) is 41.6 Å². The van der Waals surface area contributed by atoms with E-state index in [9.17, 15) is 4.79 Å². The van der Waals surface area contributed by atoms with Crippen LogP contribution in [-0.4, -0.2) is 16.2 Å². The summed E-state index contributed by atoms with van der Waals surface area (Å²) in [7, 11) is 0. The van der Waals surface area contributed by atoms with Gasteiger partial charge in [0.2, 0.25) is 0 Å². The molecular weight excluding hydrogens is 292 g/mol. The predicted molar refractivity (Wildman–Crippen MR) is 84.8 cm³/mol. The van der Waals surface area contributed by atoms with Crippen LogP contribution >= 0.6 is 23.4 Å². The molecule has 0 saturated carbocycles. The van der Waals surface area contributed by atoms with Crippen molar-refractivity contribution in [3.8, 4) is 0 Å². The number of rotatable bonds is 3. The molecule has 1 atom stereocenters. The van der Waals surface area contributed by atoms with Gasteiger partial charge in [0.1, 0.15) is 0 Å². The molecule has 0 saturated heterocycles. The lowest BCUT2D eigenvalue weighted by Gasteiger charge is -2.11. The smallest absolute Gasteiger partial charge is 0.306 e. The first-order valence-electron chi connectivity index (χ1n) is 6.17. The van der Waals surface area contributed by atoms with Crippen molar-refractivity contribution in [1.29, 1.82) is 0 Å². The molecule has 3 aromatic rings. The first kappa shape index (κ1) is 13.3. The quantitative estimate of drug-likeness (QED) is 0.569. The minimum absolute atomic E-state index is 0.201. The van der Waals surface area contributed by atoms with Gasteiger partial charge in [0.15, 0.2) is 0 Å². The fraction of sp³-hybridized carbons (Fsp3) is 0.133. The fourth-order valence-corrected chi connectivity index (χ4v) is 2.86. The highest BCUT2D eigenvalue weighted by molar-refractivity contribution is 7.98. The highest BCUT2D eigenvalue weighted by Gasteiger charge is 2.12. The molecule has 0 radical (unpaired) electrons. The van der Waals surface area contributed by atoms with Crippen LogP contribution in [-0.2, 0) is 0 Å². The van der Waals surface area contributed by atoms with Gasteiger partial charge >= 0.3 is 5.69 Å². The van der Waals surface area contributed by atoms with Crippen molar-refractivity contribution in [1.82, 2.24) is 9.97 Å². The van der Waals surface area contributed by atoms with Crippen LogP contribution in [0.4, 0.5) is 0 Å². The zero-order valence-electron chi connectivity index (χ0n) is 10.8. The third-order valence-electron chi connectivity index (χ3n) is 3.24. The lowest BCUT2D eigenvalue weighted by molar-refractivity contribution is 1.13. The molecule has 0 aliphatic heterocycles. The number of benzene rings is 2. The van der Waals surface area contributed by atoms with E-state index in [1.54, 1.807) is 11.8 Å². The summed E-state index contributed by atoms with van der Waals surface area (Å²) in [6, 6.07) is 13.9. The Morgan fingerprint density at radius 3 is 2.35 bits per heavy atom. The van der Waals surface area contributed by atoms with Gasteiger partial charge < -0.3 is 9.97 Å². The highest BCUT2D eigenvalue weighted by Crippen LogP contribution is 2.31. The monoisotopic (exact) mass is 304 g/mol. The Hall–Kier alpha value is -1.65. The summed E-state index contributed by atoms with van der Waals surface area (Å²) in [5.41, 5.74) is 3.37. The van der Waals surface area contributed by atoms with Crippen LogP contribution in [0.5, 0.6) is 0 Å². The molecule has 0 amide bonds. The van der Waals surface area contributed by atoms with Gasteiger partial charge in [-0.3, -0.25) is 0 Å². The third kappa shape index (κ3) is 2.49. The Labute approximate surface area is 125 Å². The standard InChI is InChI=1S/C15H13ClN2OS/c1-20-11-5-2-9(3-6-11)14(16)10-4-7-12-13(8-10)18-15(19)17-12/h2-8,14H,1H3,(H2,17,18,19). The average molecular weight is 305 g/mol. The van der Waals surface area contributed by atoms with Crippen molar-refractivity contribution in [3.63, 3.8) is 0 Å². The number of thioether (sulfide) groups is 1. The molecule has 3 nitrogen and oxygen atoms in total. The van der Waals surface area contributed by atoms with E-state index in [1.807, 2.05) is 36.6 Å². The Morgan fingerprint density at radius 2 is 1.65 bits per heavy atom. The van der Waals surface area contributed by atoms with E-state index in [0.29, 0.717) is 0 Å². The molecule has 0 aliphatic rings. The largest absolute Gasteiger partial charge is 0.323 e. The molecule has 2 N–H and O–H groups in total. The summed E-state index contributed by atoms with van der Waals surface area (Å²) in [5, 5.41) is -0.228. The number of hydrogen-bond acceptors (Lipinski definition) is 2. The van der Waals surface area contributed by atoms with Gasteiger partial charge in [-0.1, -0.05) is 18.2 Å². The maximum Gasteiger partial charge on any atom is 0.323 e. The lowest BCUT2D eigenvalue weighted by Crippen LogP contribution is -1.99. The molecule has 1 heterocycles. The van der Waals surface area contributed by atoms with Crippen LogP contribution in [0.2, 0.25) is 0 Å². The van der Waals surface area contributed by atoms with Gasteiger partial charge in [-0.2, -0.15) is 0 Å². The molecule has 3 rings (SSSR count). The van der Waals surface area contributed by atoms with Crippen LogP contribution in [0.1, 0.15) is 16.5 Å². The van der Waals surface area contributed by atoms with Crippen LogP contribution in [0, 0.1) is 0 Å². The van der Waals surface area contributed by atoms with Crippen LogP contribution < -0.4 is 5.69 Å². The number of H-pyrrole nitrogens is 2. The second kappa shape index (κ2) is 5.38. The second-order valence-corrected chi connectivity index (χ2v) is 5.84. The molecule has 2 aromatic carbocycles. The maximum atomic E-state index is 11.3. The van der Waals surface area contributed by atoms with E-state index in [0.717, 1.165) is 22.2 Å². The minimum atomic E-state index is -0.228. The highest BCUT2D eigenvalue weighted by atomic mass is 35.5. The van der Waals surface area contributed by atoms with Crippen LogP contribution in [0.15, 0.2) is 52.2 Å². The summed E-state index contributed by atoms with van der Waals surface area (Å²) in [6.45, 7) is 0. The van der Waals surface area contributed by atoms with Crippen LogP contribution in [0.25, 0.3) is 11.0 Å². The summed E-state index contributed by atoms with van der Waals surface area (Å²) in [4.78, 5) is 17.9. The molecule has 0 spiro atoms. The van der Waals surface area contributed by atoms with E-state index in [-0.39, 0.29) is 11.1 Å². The first-order chi connectivity index (χ1) is 9.67. The summed E-state index contributed by atoms with van der Waals surface area (Å²) >= 11 is 8.23. The maximum absolute atomic E-state index is 11.3. The normalized spacial score (nSPS) is 12.7. The number of nitrogens with one attached hydrogen (secondary N) is 2. The molecule has 1 aromatic heterocycles.